The maximum absolute atomic E-state index is 13.3. The van der Waals surface area contributed by atoms with Gasteiger partial charge in [0.05, 0.1) is 6.04 Å². The van der Waals surface area contributed by atoms with Crippen LogP contribution < -0.4 is 5.84 Å². The van der Waals surface area contributed by atoms with E-state index >= 15 is 0 Å². The lowest BCUT2D eigenvalue weighted by Gasteiger charge is -2.61. The van der Waals surface area contributed by atoms with Gasteiger partial charge in [0, 0.05) is 25.4 Å². The smallest absolute Gasteiger partial charge is 0.236 e. The van der Waals surface area contributed by atoms with Gasteiger partial charge in [0.25, 0.3) is 0 Å². The molecular formula is C23H39N3O2. The van der Waals surface area contributed by atoms with E-state index in [0.29, 0.717) is 30.1 Å². The second-order valence-electron chi connectivity index (χ2n) is 10.5. The predicted octanol–water partition coefficient (Wildman–Crippen LogP) is 3.58. The van der Waals surface area contributed by atoms with Gasteiger partial charge in [-0.25, -0.2) is 5.84 Å². The lowest BCUT2D eigenvalue weighted by Crippen LogP contribution is -2.64. The Bertz CT molecular complexity index is 648. The number of hydrazine groups is 1. The Morgan fingerprint density at radius 2 is 1.71 bits per heavy atom. The van der Waals surface area contributed by atoms with E-state index in [2.05, 4.69) is 27.7 Å². The summed E-state index contributed by atoms with van der Waals surface area (Å²) in [5.41, 5.74) is 0.296. The number of rotatable bonds is 3. The van der Waals surface area contributed by atoms with E-state index in [1.165, 1.54) is 19.3 Å². The largest absolute Gasteiger partial charge is 0.343 e. The van der Waals surface area contributed by atoms with Crippen molar-refractivity contribution in [1.29, 1.82) is 0 Å². The molecule has 4 rings (SSSR count). The molecule has 28 heavy (non-hydrogen) atoms. The van der Waals surface area contributed by atoms with Gasteiger partial charge in [-0.2, -0.15) is 0 Å². The van der Waals surface area contributed by atoms with Gasteiger partial charge >= 0.3 is 0 Å². The van der Waals surface area contributed by atoms with E-state index in [1.54, 1.807) is 5.01 Å². The number of hydrogen-bond donors (Lipinski definition) is 1. The normalized spacial score (nSPS) is 45.2. The summed E-state index contributed by atoms with van der Waals surface area (Å²) in [5, 5.41) is 1.58. The van der Waals surface area contributed by atoms with Crippen LogP contribution in [-0.4, -0.2) is 40.9 Å². The van der Waals surface area contributed by atoms with E-state index in [4.69, 9.17) is 5.84 Å². The van der Waals surface area contributed by atoms with E-state index in [-0.39, 0.29) is 28.7 Å². The highest BCUT2D eigenvalue weighted by atomic mass is 16.2. The van der Waals surface area contributed by atoms with Crippen LogP contribution in [0.25, 0.3) is 0 Å². The van der Waals surface area contributed by atoms with Gasteiger partial charge in [0.15, 0.2) is 0 Å². The Morgan fingerprint density at radius 1 is 1.04 bits per heavy atom. The quantitative estimate of drug-likeness (QED) is 0.593. The predicted molar refractivity (Wildman–Crippen MR) is 110 cm³/mol. The summed E-state index contributed by atoms with van der Waals surface area (Å²) in [6.07, 6.45) is 8.36. The summed E-state index contributed by atoms with van der Waals surface area (Å²) in [7, 11) is 0. The van der Waals surface area contributed by atoms with Crippen LogP contribution in [0.15, 0.2) is 0 Å². The first-order valence-electron chi connectivity index (χ1n) is 11.6. The van der Waals surface area contributed by atoms with Crippen molar-refractivity contribution in [3.63, 3.8) is 0 Å². The number of carbonyl (C=O) groups excluding carboxylic acids is 2. The van der Waals surface area contributed by atoms with E-state index < -0.39 is 0 Å². The number of amides is 2. The average Bonchev–Trinajstić information content (AvgIpc) is 3.03. The summed E-state index contributed by atoms with van der Waals surface area (Å²) in [4.78, 5) is 27.5. The highest BCUT2D eigenvalue weighted by Gasteiger charge is 2.62. The molecule has 0 aromatic carbocycles. The van der Waals surface area contributed by atoms with Crippen LogP contribution in [0.4, 0.5) is 0 Å². The van der Waals surface area contributed by atoms with Gasteiger partial charge in [-0.1, -0.05) is 13.8 Å². The first-order valence-corrected chi connectivity index (χ1v) is 11.6. The molecule has 4 aliphatic rings. The summed E-state index contributed by atoms with van der Waals surface area (Å²) in [5.74, 6) is 8.93. The molecule has 5 nitrogen and oxygen atoms in total. The highest BCUT2D eigenvalue weighted by Crippen LogP contribution is 2.66. The fraction of sp³-hybridized carbons (Fsp3) is 0.913. The molecule has 0 aromatic heterocycles. The molecule has 0 spiro atoms. The molecule has 3 saturated carbocycles. The van der Waals surface area contributed by atoms with Crippen molar-refractivity contribution in [2.45, 2.75) is 85.1 Å². The van der Waals surface area contributed by atoms with Crippen LogP contribution >= 0.6 is 0 Å². The zero-order valence-corrected chi connectivity index (χ0v) is 18.2. The Balaban J connectivity index is 1.58. The van der Waals surface area contributed by atoms with Gasteiger partial charge in [0.1, 0.15) is 0 Å². The number of hydrogen-bond acceptors (Lipinski definition) is 3. The van der Waals surface area contributed by atoms with Crippen LogP contribution in [-0.2, 0) is 9.59 Å². The summed E-state index contributed by atoms with van der Waals surface area (Å²) < 4.78 is 0. The van der Waals surface area contributed by atoms with Crippen molar-refractivity contribution < 1.29 is 9.59 Å². The standard InChI is InChI=1S/C23H39N3O2/c1-5-25(6-2)21(28)18-9-8-16-15-7-10-19-23(4,14-12-20(27)26(19)24)17(15)11-13-22(16,18)3/h15-19H,5-14,24H2,1-4H3/t15-,16-,17+,18?,19?,22-,23+/m0/s1. The molecule has 2 unspecified atom stereocenters. The van der Waals surface area contributed by atoms with Gasteiger partial charge in [-0.15, -0.1) is 0 Å². The maximum Gasteiger partial charge on any atom is 0.236 e. The summed E-state index contributed by atoms with van der Waals surface area (Å²) in [6, 6.07) is 0.203. The number of nitrogens with two attached hydrogens (primary N) is 1. The number of nitrogens with zero attached hydrogens (tertiary/aromatic N) is 2. The molecule has 2 amide bonds. The molecule has 1 saturated heterocycles. The maximum atomic E-state index is 13.3. The van der Waals surface area contributed by atoms with Gasteiger partial charge in [-0.3, -0.25) is 14.6 Å². The summed E-state index contributed by atoms with van der Waals surface area (Å²) >= 11 is 0. The van der Waals surface area contributed by atoms with Crippen LogP contribution in [0.2, 0.25) is 0 Å². The van der Waals surface area contributed by atoms with Crippen molar-refractivity contribution in [3.8, 4) is 0 Å². The van der Waals surface area contributed by atoms with E-state index in [9.17, 15) is 9.59 Å². The molecule has 1 aliphatic heterocycles. The Labute approximate surface area is 170 Å². The minimum atomic E-state index is 0.118. The molecule has 0 bridgehead atoms. The molecular weight excluding hydrogens is 350 g/mol. The fourth-order valence-electron chi connectivity index (χ4n) is 8.09. The van der Waals surface area contributed by atoms with Gasteiger partial charge in [-0.05, 0) is 87.4 Å². The van der Waals surface area contributed by atoms with E-state index in [1.807, 2.05) is 4.90 Å². The molecule has 3 aliphatic carbocycles. The number of fused-ring (bicyclic) bond motifs is 5. The highest BCUT2D eigenvalue weighted by molar-refractivity contribution is 5.80. The monoisotopic (exact) mass is 389 g/mol. The summed E-state index contributed by atoms with van der Waals surface area (Å²) in [6.45, 7) is 10.6. The minimum Gasteiger partial charge on any atom is -0.343 e. The zero-order valence-electron chi connectivity index (χ0n) is 18.2. The zero-order chi connectivity index (χ0) is 20.3. The topological polar surface area (TPSA) is 66.6 Å². The molecule has 1 heterocycles. The third-order valence-electron chi connectivity index (χ3n) is 9.69. The lowest BCUT2D eigenvalue weighted by molar-refractivity contribution is -0.164. The fourth-order valence-corrected chi connectivity index (χ4v) is 8.09. The Kier molecular flexibility index (Phi) is 5.05. The molecule has 5 heteroatoms. The van der Waals surface area contributed by atoms with Crippen LogP contribution in [0, 0.1) is 34.5 Å². The van der Waals surface area contributed by atoms with Crippen LogP contribution in [0.3, 0.4) is 0 Å². The first-order chi connectivity index (χ1) is 13.3. The van der Waals surface area contributed by atoms with Gasteiger partial charge < -0.3 is 4.90 Å². The molecule has 2 N–H and O–H groups in total. The van der Waals surface area contributed by atoms with Crippen molar-refractivity contribution in [2.24, 2.45) is 40.3 Å². The molecule has 0 radical (unpaired) electrons. The van der Waals surface area contributed by atoms with Gasteiger partial charge in [0.2, 0.25) is 11.8 Å². The molecule has 7 atom stereocenters. The Morgan fingerprint density at radius 3 is 2.39 bits per heavy atom. The minimum absolute atomic E-state index is 0.118. The number of piperidine rings is 1. The second kappa shape index (κ2) is 7.00. The van der Waals surface area contributed by atoms with Crippen molar-refractivity contribution in [3.05, 3.63) is 0 Å². The molecule has 158 valence electrons. The lowest BCUT2D eigenvalue weighted by atomic mass is 9.47. The first kappa shape index (κ1) is 20.2. The third-order valence-corrected chi connectivity index (χ3v) is 9.69. The van der Waals surface area contributed by atoms with Crippen LogP contribution in [0.1, 0.15) is 79.1 Å². The average molecular weight is 390 g/mol. The number of carbonyl (C=O) groups is 2. The van der Waals surface area contributed by atoms with Crippen LogP contribution in [0.5, 0.6) is 0 Å². The second-order valence-corrected chi connectivity index (χ2v) is 10.5. The molecule has 0 aromatic rings. The third kappa shape index (κ3) is 2.68. The van der Waals surface area contributed by atoms with Crippen molar-refractivity contribution >= 4 is 11.8 Å². The molecule has 4 fully saturated rings. The van der Waals surface area contributed by atoms with Crippen molar-refractivity contribution in [1.82, 2.24) is 9.91 Å². The van der Waals surface area contributed by atoms with Crippen molar-refractivity contribution in [2.75, 3.05) is 13.1 Å². The SMILES string of the molecule is CCN(CC)C(=O)C1CC[C@H]2[C@@H]3CCC4N(N)C(=O)CC[C@]4(C)[C@@H]3CC[C@]12C. The van der Waals surface area contributed by atoms with E-state index in [0.717, 1.165) is 38.8 Å². The Hall–Kier alpha value is -1.10.